The van der Waals surface area contributed by atoms with Crippen LogP contribution in [0.25, 0.3) is 10.9 Å². The number of nitrogens with zero attached hydrogens (tertiary/aromatic N) is 3. The van der Waals surface area contributed by atoms with Gasteiger partial charge in [0.25, 0.3) is 0 Å². The third-order valence-corrected chi connectivity index (χ3v) is 4.50. The largest absolute Gasteiger partial charge is 0.353 e. The highest BCUT2D eigenvalue weighted by atomic mass is 127. The monoisotopic (exact) mass is 466 g/mol. The van der Waals surface area contributed by atoms with E-state index in [2.05, 4.69) is 77.5 Å². The van der Waals surface area contributed by atoms with Gasteiger partial charge < -0.3 is 10.2 Å². The van der Waals surface area contributed by atoms with Gasteiger partial charge in [-0.05, 0) is 57.3 Å². The minimum atomic E-state index is 1.01. The van der Waals surface area contributed by atoms with Crippen molar-refractivity contribution in [1.82, 2.24) is 15.3 Å². The fraction of sp³-hybridized carbons (Fsp3) is 0.333. The predicted octanol–water partition coefficient (Wildman–Crippen LogP) is 2.25. The Hall–Kier alpha value is -0.220. The molecule has 0 unspecified atom stereocenters. The molecular weight excluding hydrogens is 454 g/mol. The van der Waals surface area contributed by atoms with Gasteiger partial charge in [-0.3, -0.25) is 0 Å². The Morgan fingerprint density at radius 3 is 2.67 bits per heavy atom. The molecule has 18 heavy (non-hydrogen) atoms. The standard InChI is InChI=1S/C12H12I2N4/c13-8-5-9-11(10(14)6-8)16-7-17-12(9)18-3-1-15-2-4-18/h5-7,15H,1-4H2. The molecule has 0 atom stereocenters. The maximum absolute atomic E-state index is 4.49. The van der Waals surface area contributed by atoms with Crippen LogP contribution in [-0.2, 0) is 0 Å². The molecule has 0 bridgehead atoms. The molecule has 1 aliphatic rings. The SMILES string of the molecule is Ic1cc(I)c2ncnc(N3CCNCC3)c2c1. The first kappa shape index (κ1) is 12.8. The van der Waals surface area contributed by atoms with Crippen molar-refractivity contribution in [3.05, 3.63) is 25.6 Å². The summed E-state index contributed by atoms with van der Waals surface area (Å²) in [6.45, 7) is 4.06. The Labute approximate surface area is 133 Å². The van der Waals surface area contributed by atoms with E-state index in [9.17, 15) is 0 Å². The van der Waals surface area contributed by atoms with E-state index in [0.29, 0.717) is 0 Å². The number of rotatable bonds is 1. The first-order valence-electron chi connectivity index (χ1n) is 5.81. The van der Waals surface area contributed by atoms with Crippen LogP contribution in [0.3, 0.4) is 0 Å². The Balaban J connectivity index is 2.16. The third kappa shape index (κ3) is 2.42. The van der Waals surface area contributed by atoms with Gasteiger partial charge >= 0.3 is 0 Å². The number of hydrogen-bond acceptors (Lipinski definition) is 4. The Bertz CT molecular complexity index is 582. The molecule has 94 valence electrons. The van der Waals surface area contributed by atoms with Crippen molar-refractivity contribution in [3.8, 4) is 0 Å². The molecule has 0 spiro atoms. The lowest BCUT2D eigenvalue weighted by Crippen LogP contribution is -2.44. The summed E-state index contributed by atoms with van der Waals surface area (Å²) in [7, 11) is 0. The molecule has 1 aliphatic heterocycles. The summed E-state index contributed by atoms with van der Waals surface area (Å²) in [6, 6.07) is 4.33. The molecule has 1 aromatic heterocycles. The third-order valence-electron chi connectivity index (χ3n) is 3.05. The van der Waals surface area contributed by atoms with Crippen molar-refractivity contribution < 1.29 is 0 Å². The van der Waals surface area contributed by atoms with E-state index in [1.165, 1.54) is 7.14 Å². The van der Waals surface area contributed by atoms with Crippen LogP contribution in [0.2, 0.25) is 0 Å². The number of benzene rings is 1. The summed E-state index contributed by atoms with van der Waals surface area (Å²) in [5, 5.41) is 4.53. The molecule has 4 nitrogen and oxygen atoms in total. The fourth-order valence-electron chi connectivity index (χ4n) is 2.21. The summed E-state index contributed by atoms with van der Waals surface area (Å²) in [5.74, 6) is 1.07. The summed E-state index contributed by atoms with van der Waals surface area (Å²) >= 11 is 4.70. The molecule has 6 heteroatoms. The maximum Gasteiger partial charge on any atom is 0.140 e. The first-order chi connectivity index (χ1) is 8.75. The van der Waals surface area contributed by atoms with Crippen LogP contribution in [0.5, 0.6) is 0 Å². The van der Waals surface area contributed by atoms with Gasteiger partial charge in [-0.1, -0.05) is 0 Å². The summed E-state index contributed by atoms with van der Waals surface area (Å²) in [6.07, 6.45) is 1.68. The Morgan fingerprint density at radius 2 is 1.89 bits per heavy atom. The van der Waals surface area contributed by atoms with Crippen LogP contribution < -0.4 is 10.2 Å². The normalized spacial score (nSPS) is 16.2. The summed E-state index contributed by atoms with van der Waals surface area (Å²) < 4.78 is 2.42. The summed E-state index contributed by atoms with van der Waals surface area (Å²) in [5.41, 5.74) is 1.06. The van der Waals surface area contributed by atoms with Gasteiger partial charge in [0.2, 0.25) is 0 Å². The predicted molar refractivity (Wildman–Crippen MR) is 90.1 cm³/mol. The number of halogens is 2. The second-order valence-electron chi connectivity index (χ2n) is 4.22. The van der Waals surface area contributed by atoms with Crippen molar-refractivity contribution in [1.29, 1.82) is 0 Å². The molecule has 3 rings (SSSR count). The van der Waals surface area contributed by atoms with E-state index in [1.807, 2.05) is 0 Å². The van der Waals surface area contributed by atoms with Gasteiger partial charge in [0.05, 0.1) is 5.52 Å². The molecule has 0 aliphatic carbocycles. The highest BCUT2D eigenvalue weighted by molar-refractivity contribution is 14.1. The lowest BCUT2D eigenvalue weighted by atomic mass is 10.2. The average molecular weight is 466 g/mol. The molecule has 1 fully saturated rings. The zero-order chi connectivity index (χ0) is 12.5. The van der Waals surface area contributed by atoms with Gasteiger partial charge in [0.1, 0.15) is 12.1 Å². The molecule has 1 aromatic carbocycles. The zero-order valence-corrected chi connectivity index (χ0v) is 14.0. The molecule has 2 aromatic rings. The van der Waals surface area contributed by atoms with Crippen molar-refractivity contribution in [3.63, 3.8) is 0 Å². The lowest BCUT2D eigenvalue weighted by molar-refractivity contribution is 0.586. The fourth-order valence-corrected chi connectivity index (χ4v) is 4.19. The highest BCUT2D eigenvalue weighted by Crippen LogP contribution is 2.28. The van der Waals surface area contributed by atoms with E-state index >= 15 is 0 Å². The van der Waals surface area contributed by atoms with Crippen LogP contribution in [0, 0.1) is 7.14 Å². The molecular formula is C12H12I2N4. The molecule has 0 amide bonds. The minimum Gasteiger partial charge on any atom is -0.353 e. The Kier molecular flexibility index (Phi) is 3.85. The topological polar surface area (TPSA) is 41.1 Å². The van der Waals surface area contributed by atoms with Crippen LogP contribution in [0.15, 0.2) is 18.5 Å². The van der Waals surface area contributed by atoms with E-state index in [0.717, 1.165) is 42.9 Å². The number of nitrogens with one attached hydrogen (secondary N) is 1. The number of piperazine rings is 1. The van der Waals surface area contributed by atoms with E-state index in [1.54, 1.807) is 6.33 Å². The van der Waals surface area contributed by atoms with Gasteiger partial charge in [-0.2, -0.15) is 0 Å². The molecule has 2 heterocycles. The van der Waals surface area contributed by atoms with E-state index in [4.69, 9.17) is 0 Å². The number of hydrogen-bond donors (Lipinski definition) is 1. The quantitative estimate of drug-likeness (QED) is 0.656. The lowest BCUT2D eigenvalue weighted by Gasteiger charge is -2.29. The number of fused-ring (bicyclic) bond motifs is 1. The van der Waals surface area contributed by atoms with Crippen molar-refractivity contribution in [2.45, 2.75) is 0 Å². The molecule has 1 N–H and O–H groups in total. The van der Waals surface area contributed by atoms with Gasteiger partial charge in [0, 0.05) is 38.7 Å². The molecule has 0 radical (unpaired) electrons. The second kappa shape index (κ2) is 5.41. The van der Waals surface area contributed by atoms with Crippen molar-refractivity contribution >= 4 is 61.9 Å². The van der Waals surface area contributed by atoms with Crippen molar-refractivity contribution in [2.24, 2.45) is 0 Å². The maximum atomic E-state index is 4.49. The minimum absolute atomic E-state index is 1.01. The van der Waals surface area contributed by atoms with Crippen LogP contribution >= 0.6 is 45.2 Å². The van der Waals surface area contributed by atoms with Gasteiger partial charge in [-0.25, -0.2) is 9.97 Å². The number of aromatic nitrogens is 2. The zero-order valence-electron chi connectivity index (χ0n) is 9.66. The Morgan fingerprint density at radius 1 is 1.11 bits per heavy atom. The smallest absolute Gasteiger partial charge is 0.140 e. The van der Waals surface area contributed by atoms with Crippen LogP contribution in [-0.4, -0.2) is 36.1 Å². The molecule has 1 saturated heterocycles. The van der Waals surface area contributed by atoms with Gasteiger partial charge in [0.15, 0.2) is 0 Å². The second-order valence-corrected chi connectivity index (χ2v) is 6.63. The molecule has 0 saturated carbocycles. The van der Waals surface area contributed by atoms with E-state index < -0.39 is 0 Å². The number of anilines is 1. The first-order valence-corrected chi connectivity index (χ1v) is 7.97. The van der Waals surface area contributed by atoms with Gasteiger partial charge in [-0.15, -0.1) is 0 Å². The van der Waals surface area contributed by atoms with E-state index in [-0.39, 0.29) is 0 Å². The van der Waals surface area contributed by atoms with Crippen molar-refractivity contribution in [2.75, 3.05) is 31.1 Å². The van der Waals surface area contributed by atoms with Crippen LogP contribution in [0.1, 0.15) is 0 Å². The summed E-state index contributed by atoms with van der Waals surface area (Å²) in [4.78, 5) is 11.2. The van der Waals surface area contributed by atoms with Crippen LogP contribution in [0.4, 0.5) is 5.82 Å². The average Bonchev–Trinajstić information content (AvgIpc) is 2.39. The highest BCUT2D eigenvalue weighted by Gasteiger charge is 2.16.